The maximum absolute atomic E-state index is 12.0. The molecule has 0 heterocycles. The van der Waals surface area contributed by atoms with E-state index in [4.69, 9.17) is 0 Å². The van der Waals surface area contributed by atoms with Crippen molar-refractivity contribution >= 4 is 12.1 Å². The number of Topliss-reactive ketones (excluding diaryl/α,β-unsaturated/α-hetero) is 1. The van der Waals surface area contributed by atoms with Crippen LogP contribution >= 0.6 is 0 Å². The van der Waals surface area contributed by atoms with E-state index in [0.717, 1.165) is 18.3 Å². The number of aldehydes is 1. The Morgan fingerprint density at radius 3 is 2.26 bits per heavy atom. The molecule has 0 fully saturated rings. The van der Waals surface area contributed by atoms with Gasteiger partial charge in [-0.05, 0) is 29.0 Å². The lowest BCUT2D eigenvalue weighted by Crippen LogP contribution is -2.11. The van der Waals surface area contributed by atoms with Gasteiger partial charge in [0.05, 0.1) is 0 Å². The van der Waals surface area contributed by atoms with E-state index < -0.39 is 0 Å². The number of hydrogen-bond donors (Lipinski definition) is 0. The Morgan fingerprint density at radius 1 is 1.21 bits per heavy atom. The molecule has 0 N–H and O–H groups in total. The van der Waals surface area contributed by atoms with Gasteiger partial charge in [0, 0.05) is 12.3 Å². The average molecular weight is 258 g/mol. The smallest absolute Gasteiger partial charge is 0.165 e. The van der Waals surface area contributed by atoms with Gasteiger partial charge in [-0.25, -0.2) is 0 Å². The molecule has 0 aromatic heterocycles. The zero-order valence-corrected chi connectivity index (χ0v) is 12.0. The van der Waals surface area contributed by atoms with Crippen molar-refractivity contribution < 1.29 is 9.59 Å². The second-order valence-corrected chi connectivity index (χ2v) is 5.40. The summed E-state index contributed by atoms with van der Waals surface area (Å²) >= 11 is 0. The Morgan fingerprint density at radius 2 is 1.79 bits per heavy atom. The number of allylic oxidation sites excluding steroid dienone is 1. The molecule has 102 valence electrons. The average Bonchev–Trinajstić information content (AvgIpc) is 2.37. The number of carbonyl (C=O) groups excluding carboxylic acids is 2. The van der Waals surface area contributed by atoms with Crippen LogP contribution in [0.15, 0.2) is 36.4 Å². The molecular weight excluding hydrogens is 236 g/mol. The van der Waals surface area contributed by atoms with Gasteiger partial charge in [-0.15, -0.1) is 0 Å². The molecule has 1 rings (SSSR count). The summed E-state index contributed by atoms with van der Waals surface area (Å²) in [6.07, 6.45) is 1.88. The van der Waals surface area contributed by atoms with Crippen molar-refractivity contribution in [3.63, 3.8) is 0 Å². The molecule has 1 aromatic carbocycles. The lowest BCUT2D eigenvalue weighted by molar-refractivity contribution is -0.117. The largest absolute Gasteiger partial charge is 0.303 e. The molecule has 1 atom stereocenters. The van der Waals surface area contributed by atoms with Crippen molar-refractivity contribution in [3.8, 4) is 0 Å². The first-order valence-corrected chi connectivity index (χ1v) is 6.70. The third kappa shape index (κ3) is 4.47. The first kappa shape index (κ1) is 15.4. The van der Waals surface area contributed by atoms with Crippen LogP contribution in [0.3, 0.4) is 0 Å². The summed E-state index contributed by atoms with van der Waals surface area (Å²) in [5.41, 5.74) is 2.64. The van der Waals surface area contributed by atoms with Gasteiger partial charge in [-0.2, -0.15) is 0 Å². The quantitative estimate of drug-likeness (QED) is 0.552. The summed E-state index contributed by atoms with van der Waals surface area (Å²) in [7, 11) is 0. The molecule has 0 spiro atoms. The summed E-state index contributed by atoms with van der Waals surface area (Å²) in [4.78, 5) is 22.5. The maximum atomic E-state index is 12.0. The zero-order valence-electron chi connectivity index (χ0n) is 12.0. The number of ketones is 1. The van der Waals surface area contributed by atoms with Gasteiger partial charge in [0.2, 0.25) is 0 Å². The van der Waals surface area contributed by atoms with Crippen molar-refractivity contribution in [3.05, 3.63) is 47.5 Å². The molecule has 0 amide bonds. The number of hydrogen-bond acceptors (Lipinski definition) is 2. The van der Waals surface area contributed by atoms with Crippen molar-refractivity contribution in [2.75, 3.05) is 0 Å². The van der Waals surface area contributed by atoms with Gasteiger partial charge >= 0.3 is 0 Å². The minimum Gasteiger partial charge on any atom is -0.303 e. The summed E-state index contributed by atoms with van der Waals surface area (Å²) in [6.45, 7) is 9.89. The first-order chi connectivity index (χ1) is 8.95. The predicted molar refractivity (Wildman–Crippen MR) is 78.2 cm³/mol. The Balaban J connectivity index is 2.77. The van der Waals surface area contributed by atoms with E-state index in [2.05, 4.69) is 32.6 Å². The van der Waals surface area contributed by atoms with Crippen LogP contribution < -0.4 is 0 Å². The Labute approximate surface area is 115 Å². The molecule has 2 nitrogen and oxygen atoms in total. The van der Waals surface area contributed by atoms with Crippen molar-refractivity contribution in [1.82, 2.24) is 0 Å². The fourth-order valence-electron chi connectivity index (χ4n) is 2.07. The molecule has 19 heavy (non-hydrogen) atoms. The van der Waals surface area contributed by atoms with E-state index in [1.807, 2.05) is 19.1 Å². The van der Waals surface area contributed by atoms with Crippen molar-refractivity contribution in [2.45, 2.75) is 39.5 Å². The number of benzene rings is 1. The molecular formula is C17H22O2. The molecule has 1 aromatic rings. The third-order valence-corrected chi connectivity index (χ3v) is 3.20. The van der Waals surface area contributed by atoms with E-state index in [9.17, 15) is 9.59 Å². The van der Waals surface area contributed by atoms with Crippen LogP contribution in [0.5, 0.6) is 0 Å². The van der Waals surface area contributed by atoms with E-state index >= 15 is 0 Å². The van der Waals surface area contributed by atoms with E-state index in [0.29, 0.717) is 11.5 Å². The highest BCUT2D eigenvalue weighted by molar-refractivity contribution is 6.01. The maximum Gasteiger partial charge on any atom is 0.165 e. The van der Waals surface area contributed by atoms with Crippen LogP contribution in [-0.4, -0.2) is 12.1 Å². The minimum atomic E-state index is -0.236. The first-order valence-electron chi connectivity index (χ1n) is 6.70. The molecule has 0 saturated heterocycles. The molecule has 0 saturated carbocycles. The van der Waals surface area contributed by atoms with E-state index in [1.165, 1.54) is 5.56 Å². The molecule has 0 radical (unpaired) electrons. The summed E-state index contributed by atoms with van der Waals surface area (Å²) < 4.78 is 0. The molecule has 1 unspecified atom stereocenters. The SMILES string of the molecule is C=C(CC=O)C(=O)C(C)c1ccc(CC(C)C)cc1. The van der Waals surface area contributed by atoms with Gasteiger partial charge in [0.1, 0.15) is 6.29 Å². The summed E-state index contributed by atoms with van der Waals surface area (Å²) in [6, 6.07) is 8.13. The van der Waals surface area contributed by atoms with Crippen molar-refractivity contribution in [1.29, 1.82) is 0 Å². The topological polar surface area (TPSA) is 34.1 Å². The second-order valence-electron chi connectivity index (χ2n) is 5.40. The predicted octanol–water partition coefficient (Wildman–Crippen LogP) is 3.70. The fraction of sp³-hybridized carbons (Fsp3) is 0.412. The number of carbonyl (C=O) groups is 2. The van der Waals surface area contributed by atoms with Gasteiger partial charge in [-0.1, -0.05) is 51.6 Å². The van der Waals surface area contributed by atoms with Crippen LogP contribution in [0, 0.1) is 5.92 Å². The Kier molecular flexibility index (Phi) is 5.68. The van der Waals surface area contributed by atoms with Crippen LogP contribution in [0.25, 0.3) is 0 Å². The van der Waals surface area contributed by atoms with Crippen LogP contribution in [0.4, 0.5) is 0 Å². The lowest BCUT2D eigenvalue weighted by atomic mass is 9.90. The van der Waals surface area contributed by atoms with Gasteiger partial charge in [0.15, 0.2) is 5.78 Å². The Bertz CT molecular complexity index is 455. The monoisotopic (exact) mass is 258 g/mol. The molecule has 0 aliphatic heterocycles. The lowest BCUT2D eigenvalue weighted by Gasteiger charge is -2.13. The number of rotatable bonds is 7. The van der Waals surface area contributed by atoms with E-state index in [1.54, 1.807) is 0 Å². The highest BCUT2D eigenvalue weighted by Gasteiger charge is 2.17. The van der Waals surface area contributed by atoms with Crippen LogP contribution in [0.1, 0.15) is 44.2 Å². The molecule has 0 aliphatic rings. The van der Waals surface area contributed by atoms with Crippen LogP contribution in [-0.2, 0) is 16.0 Å². The molecule has 0 bridgehead atoms. The summed E-state index contributed by atoms with van der Waals surface area (Å²) in [5.74, 6) is 0.335. The standard InChI is InChI=1S/C17H22O2/c1-12(2)11-15-5-7-16(8-6-15)14(4)17(19)13(3)9-10-18/h5-8,10,12,14H,3,9,11H2,1-2,4H3. The zero-order chi connectivity index (χ0) is 14.4. The van der Waals surface area contributed by atoms with Crippen LogP contribution in [0.2, 0.25) is 0 Å². The molecule has 2 heteroatoms. The molecule has 0 aliphatic carbocycles. The van der Waals surface area contributed by atoms with Gasteiger partial charge < -0.3 is 4.79 Å². The Hall–Kier alpha value is -1.70. The summed E-state index contributed by atoms with van der Waals surface area (Å²) in [5, 5.41) is 0. The highest BCUT2D eigenvalue weighted by Crippen LogP contribution is 2.21. The third-order valence-electron chi connectivity index (χ3n) is 3.20. The fourth-order valence-corrected chi connectivity index (χ4v) is 2.07. The van der Waals surface area contributed by atoms with Gasteiger partial charge in [0.25, 0.3) is 0 Å². The van der Waals surface area contributed by atoms with Gasteiger partial charge in [-0.3, -0.25) is 4.79 Å². The van der Waals surface area contributed by atoms with E-state index in [-0.39, 0.29) is 18.1 Å². The second kappa shape index (κ2) is 7.03. The highest BCUT2D eigenvalue weighted by atomic mass is 16.1. The minimum absolute atomic E-state index is 0.0521. The normalized spacial score (nSPS) is 12.2. The van der Waals surface area contributed by atoms with Crippen molar-refractivity contribution in [2.24, 2.45) is 5.92 Å².